The van der Waals surface area contributed by atoms with E-state index in [-0.39, 0.29) is 11.8 Å². The van der Waals surface area contributed by atoms with Crippen molar-refractivity contribution in [1.29, 1.82) is 0 Å². The molecule has 0 fully saturated rings. The fourth-order valence-corrected chi connectivity index (χ4v) is 1.26. The Labute approximate surface area is 84.3 Å². The molecule has 0 amide bonds. The van der Waals surface area contributed by atoms with Crippen LogP contribution in [0.2, 0.25) is 0 Å². The number of nitro benzene ring substituents is 1. The van der Waals surface area contributed by atoms with Crippen molar-refractivity contribution in [1.82, 2.24) is 0 Å². The molecule has 0 aliphatic rings. The first kappa shape index (κ1) is 10.8. The lowest BCUT2D eigenvalue weighted by Crippen LogP contribution is -2.06. The fraction of sp³-hybridized carbons (Fsp3) is 0.111. The van der Waals surface area contributed by atoms with Gasteiger partial charge >= 0.3 is 5.97 Å². The van der Waals surface area contributed by atoms with Gasteiger partial charge in [-0.3, -0.25) is 14.9 Å². The molecular formula is C9H7NO5. The molecule has 0 aromatic heterocycles. The number of nitro groups is 1. The smallest absolute Gasteiger partial charge is 0.342 e. The van der Waals surface area contributed by atoms with Crippen molar-refractivity contribution in [2.24, 2.45) is 0 Å². The van der Waals surface area contributed by atoms with E-state index in [0.717, 1.165) is 6.07 Å². The number of aldehydes is 1. The van der Waals surface area contributed by atoms with Crippen LogP contribution in [0, 0.1) is 17.0 Å². The molecule has 0 atom stereocenters. The second-order valence-corrected chi connectivity index (χ2v) is 2.93. The van der Waals surface area contributed by atoms with Crippen molar-refractivity contribution in [2.45, 2.75) is 6.92 Å². The van der Waals surface area contributed by atoms with Gasteiger partial charge in [-0.05, 0) is 24.6 Å². The summed E-state index contributed by atoms with van der Waals surface area (Å²) in [7, 11) is 0. The van der Waals surface area contributed by atoms with Crippen LogP contribution < -0.4 is 0 Å². The lowest BCUT2D eigenvalue weighted by molar-refractivity contribution is -0.385. The summed E-state index contributed by atoms with van der Waals surface area (Å²) in [5.41, 5.74) is -0.872. The molecule has 1 N–H and O–H groups in total. The molecule has 6 heteroatoms. The quantitative estimate of drug-likeness (QED) is 0.461. The van der Waals surface area contributed by atoms with E-state index >= 15 is 0 Å². The van der Waals surface area contributed by atoms with E-state index in [4.69, 9.17) is 5.11 Å². The molecule has 0 bridgehead atoms. The molecule has 0 aliphatic carbocycles. The number of carbonyl (C=O) groups is 2. The average molecular weight is 209 g/mol. The zero-order valence-corrected chi connectivity index (χ0v) is 7.76. The van der Waals surface area contributed by atoms with E-state index in [2.05, 4.69) is 0 Å². The third-order valence-electron chi connectivity index (χ3n) is 1.82. The summed E-state index contributed by atoms with van der Waals surface area (Å²) in [6.45, 7) is 1.56. The molecule has 15 heavy (non-hydrogen) atoms. The van der Waals surface area contributed by atoms with Crippen LogP contribution in [0.5, 0.6) is 0 Å². The number of carboxylic acid groups (broad SMARTS) is 1. The molecule has 0 saturated carbocycles. The van der Waals surface area contributed by atoms with Crippen molar-refractivity contribution in [3.05, 3.63) is 38.9 Å². The Balaban J connectivity index is 3.61. The predicted molar refractivity (Wildman–Crippen MR) is 50.2 cm³/mol. The summed E-state index contributed by atoms with van der Waals surface area (Å²) >= 11 is 0. The average Bonchev–Trinajstić information content (AvgIpc) is 2.15. The largest absolute Gasteiger partial charge is 0.477 e. The highest BCUT2D eigenvalue weighted by Gasteiger charge is 2.24. The van der Waals surface area contributed by atoms with E-state index in [1.807, 2.05) is 0 Å². The number of aromatic carboxylic acids is 1. The van der Waals surface area contributed by atoms with Crippen LogP contribution in [0.15, 0.2) is 12.1 Å². The number of benzene rings is 1. The number of nitrogens with zero attached hydrogens (tertiary/aromatic N) is 1. The van der Waals surface area contributed by atoms with E-state index in [1.165, 1.54) is 6.07 Å². The Kier molecular flexibility index (Phi) is 2.80. The third-order valence-corrected chi connectivity index (χ3v) is 1.82. The lowest BCUT2D eigenvalue weighted by Gasteiger charge is -2.02. The van der Waals surface area contributed by atoms with Gasteiger partial charge in [-0.2, -0.15) is 0 Å². The predicted octanol–water partition coefficient (Wildman–Crippen LogP) is 1.41. The van der Waals surface area contributed by atoms with Crippen LogP contribution in [0.1, 0.15) is 26.3 Å². The summed E-state index contributed by atoms with van der Waals surface area (Å²) in [6, 6.07) is 2.44. The summed E-state index contributed by atoms with van der Waals surface area (Å²) in [5, 5.41) is 19.3. The van der Waals surface area contributed by atoms with Crippen molar-refractivity contribution < 1.29 is 19.6 Å². The topological polar surface area (TPSA) is 97.5 Å². The Bertz CT molecular complexity index is 452. The second kappa shape index (κ2) is 3.87. The molecule has 0 radical (unpaired) electrons. The summed E-state index contributed by atoms with van der Waals surface area (Å²) in [4.78, 5) is 31.0. The first-order valence-electron chi connectivity index (χ1n) is 3.95. The maximum Gasteiger partial charge on any atom is 0.342 e. The maximum absolute atomic E-state index is 10.7. The van der Waals surface area contributed by atoms with Gasteiger partial charge in [0.2, 0.25) is 0 Å². The molecule has 0 saturated heterocycles. The summed E-state index contributed by atoms with van der Waals surface area (Å²) in [6.07, 6.45) is 0.275. The Hall–Kier alpha value is -2.24. The standard InChI is InChI=1S/C9H7NO5/c1-5-2-6(4-11)8(10(14)15)7(3-5)9(12)13/h2-4H,1H3,(H,12,13). The van der Waals surface area contributed by atoms with Gasteiger partial charge in [0.05, 0.1) is 10.5 Å². The number of aryl methyl sites for hydroxylation is 1. The molecule has 0 unspecified atom stereocenters. The molecule has 1 aromatic carbocycles. The van der Waals surface area contributed by atoms with Gasteiger partial charge in [-0.15, -0.1) is 0 Å². The first-order valence-corrected chi connectivity index (χ1v) is 3.95. The van der Waals surface area contributed by atoms with E-state index < -0.39 is 22.1 Å². The van der Waals surface area contributed by atoms with Crippen molar-refractivity contribution in [3.63, 3.8) is 0 Å². The summed E-state index contributed by atoms with van der Waals surface area (Å²) < 4.78 is 0. The van der Waals surface area contributed by atoms with Crippen LogP contribution in [-0.2, 0) is 0 Å². The Morgan fingerprint density at radius 3 is 2.53 bits per heavy atom. The van der Waals surface area contributed by atoms with E-state index in [1.54, 1.807) is 6.92 Å². The van der Waals surface area contributed by atoms with Crippen LogP contribution in [-0.4, -0.2) is 22.3 Å². The van der Waals surface area contributed by atoms with Crippen LogP contribution >= 0.6 is 0 Å². The van der Waals surface area contributed by atoms with Gasteiger partial charge in [0.25, 0.3) is 5.69 Å². The van der Waals surface area contributed by atoms with E-state index in [9.17, 15) is 19.7 Å². The van der Waals surface area contributed by atoms with Gasteiger partial charge in [-0.25, -0.2) is 4.79 Å². The van der Waals surface area contributed by atoms with Gasteiger partial charge in [0.1, 0.15) is 5.56 Å². The van der Waals surface area contributed by atoms with Gasteiger partial charge in [-0.1, -0.05) is 0 Å². The van der Waals surface area contributed by atoms with Gasteiger partial charge in [0, 0.05) is 0 Å². The van der Waals surface area contributed by atoms with Gasteiger partial charge in [0.15, 0.2) is 6.29 Å². The minimum absolute atomic E-state index is 0.225. The third kappa shape index (κ3) is 1.98. The first-order chi connectivity index (χ1) is 6.97. The van der Waals surface area contributed by atoms with Crippen LogP contribution in [0.25, 0.3) is 0 Å². The lowest BCUT2D eigenvalue weighted by atomic mass is 10.0. The number of hydrogen-bond acceptors (Lipinski definition) is 4. The number of hydrogen-bond donors (Lipinski definition) is 1. The van der Waals surface area contributed by atoms with E-state index in [0.29, 0.717) is 5.56 Å². The van der Waals surface area contributed by atoms with Gasteiger partial charge < -0.3 is 5.11 Å². The Morgan fingerprint density at radius 1 is 1.53 bits per heavy atom. The maximum atomic E-state index is 10.7. The number of carboxylic acids is 1. The normalized spacial score (nSPS) is 9.67. The molecule has 0 spiro atoms. The SMILES string of the molecule is Cc1cc(C=O)c([N+](=O)[O-])c(C(=O)O)c1. The number of carbonyl (C=O) groups excluding carboxylic acids is 1. The van der Waals surface area contributed by atoms with Crippen molar-refractivity contribution in [3.8, 4) is 0 Å². The highest BCUT2D eigenvalue weighted by Crippen LogP contribution is 2.24. The molecular weight excluding hydrogens is 202 g/mol. The highest BCUT2D eigenvalue weighted by molar-refractivity contribution is 5.97. The number of rotatable bonds is 3. The molecule has 6 nitrogen and oxygen atoms in total. The minimum Gasteiger partial charge on any atom is -0.477 e. The highest BCUT2D eigenvalue weighted by atomic mass is 16.6. The molecule has 1 aromatic rings. The zero-order chi connectivity index (χ0) is 11.6. The van der Waals surface area contributed by atoms with Crippen molar-refractivity contribution >= 4 is 17.9 Å². The van der Waals surface area contributed by atoms with Crippen LogP contribution in [0.3, 0.4) is 0 Å². The van der Waals surface area contributed by atoms with Crippen LogP contribution in [0.4, 0.5) is 5.69 Å². The monoisotopic (exact) mass is 209 g/mol. The molecule has 0 heterocycles. The summed E-state index contributed by atoms with van der Waals surface area (Å²) in [5.74, 6) is -1.42. The Morgan fingerprint density at radius 2 is 2.13 bits per heavy atom. The second-order valence-electron chi connectivity index (χ2n) is 2.93. The zero-order valence-electron chi connectivity index (χ0n) is 7.76. The molecule has 0 aliphatic heterocycles. The molecule has 1 rings (SSSR count). The minimum atomic E-state index is -1.42. The molecule has 78 valence electrons. The fourth-order valence-electron chi connectivity index (χ4n) is 1.26. The van der Waals surface area contributed by atoms with Crippen molar-refractivity contribution in [2.75, 3.05) is 0 Å².